The molecule has 0 radical (unpaired) electrons. The van der Waals surface area contributed by atoms with Crippen LogP contribution in [-0.4, -0.2) is 6.10 Å². The summed E-state index contributed by atoms with van der Waals surface area (Å²) in [6, 6.07) is 1.56. The van der Waals surface area contributed by atoms with E-state index in [0.29, 0.717) is 17.9 Å². The quantitative estimate of drug-likeness (QED) is 0.692. The minimum Gasteiger partial charge on any atom is -0.487 e. The Bertz CT molecular complexity index is 609. The first-order valence-corrected chi connectivity index (χ1v) is 8.78. The molecule has 0 N–H and O–H groups in total. The summed E-state index contributed by atoms with van der Waals surface area (Å²) in [5.41, 5.74) is 0.691. The van der Waals surface area contributed by atoms with Gasteiger partial charge in [0.2, 0.25) is 5.82 Å². The van der Waals surface area contributed by atoms with Gasteiger partial charge in [0.15, 0.2) is 11.6 Å². The molecule has 2 aliphatic rings. The summed E-state index contributed by atoms with van der Waals surface area (Å²) in [7, 11) is 0. The molecule has 0 bridgehead atoms. The second-order valence-corrected chi connectivity index (χ2v) is 6.95. The van der Waals surface area contributed by atoms with Crippen LogP contribution < -0.4 is 4.74 Å². The molecule has 1 unspecified atom stereocenters. The highest BCUT2D eigenvalue weighted by molar-refractivity contribution is 5.46. The summed E-state index contributed by atoms with van der Waals surface area (Å²) in [4.78, 5) is 0. The fourth-order valence-electron chi connectivity index (χ4n) is 4.18. The van der Waals surface area contributed by atoms with Crippen molar-refractivity contribution in [1.29, 1.82) is 0 Å². The Balaban J connectivity index is 1.71. The van der Waals surface area contributed by atoms with E-state index in [-0.39, 0.29) is 17.4 Å². The molecule has 0 spiro atoms. The monoisotopic (exact) mass is 318 g/mol. The van der Waals surface area contributed by atoms with E-state index in [0.717, 1.165) is 25.2 Å². The van der Waals surface area contributed by atoms with Gasteiger partial charge in [0.25, 0.3) is 0 Å². The van der Waals surface area contributed by atoms with Crippen LogP contribution in [0.15, 0.2) is 6.07 Å². The lowest BCUT2D eigenvalue weighted by Gasteiger charge is -2.36. The number of fused-ring (bicyclic) bond motifs is 1. The van der Waals surface area contributed by atoms with E-state index < -0.39 is 11.6 Å². The molecule has 1 aliphatic carbocycles. The Hall–Kier alpha value is -1.56. The molecule has 3 rings (SSSR count). The van der Waals surface area contributed by atoms with Crippen LogP contribution in [0.25, 0.3) is 0 Å². The van der Waals surface area contributed by atoms with Crippen LogP contribution in [0.3, 0.4) is 0 Å². The van der Waals surface area contributed by atoms with E-state index >= 15 is 0 Å². The first-order chi connectivity index (χ1) is 11.1. The molecule has 0 aromatic heterocycles. The van der Waals surface area contributed by atoms with E-state index in [1.165, 1.54) is 25.7 Å². The number of halogens is 2. The summed E-state index contributed by atoms with van der Waals surface area (Å²) >= 11 is 0. The van der Waals surface area contributed by atoms with Crippen molar-refractivity contribution in [2.24, 2.45) is 11.8 Å². The van der Waals surface area contributed by atoms with Gasteiger partial charge in [-0.25, -0.2) is 4.39 Å². The van der Waals surface area contributed by atoms with Gasteiger partial charge in [0.1, 0.15) is 6.10 Å². The van der Waals surface area contributed by atoms with E-state index in [1.54, 1.807) is 6.07 Å². The Morgan fingerprint density at radius 1 is 1.17 bits per heavy atom. The highest BCUT2D eigenvalue weighted by Gasteiger charge is 2.33. The normalized spacial score (nSPS) is 27.0. The molecular weight excluding hydrogens is 294 g/mol. The third-order valence-corrected chi connectivity index (χ3v) is 5.48. The van der Waals surface area contributed by atoms with E-state index in [2.05, 4.69) is 12.8 Å². The van der Waals surface area contributed by atoms with E-state index in [1.807, 2.05) is 0 Å². The second-order valence-electron chi connectivity index (χ2n) is 6.95. The van der Waals surface area contributed by atoms with Gasteiger partial charge in [-0.2, -0.15) is 4.39 Å². The van der Waals surface area contributed by atoms with Gasteiger partial charge >= 0.3 is 0 Å². The number of hydrogen-bond acceptors (Lipinski definition) is 1. The molecule has 1 fully saturated rings. The number of ether oxygens (including phenoxy) is 1. The molecule has 0 saturated heterocycles. The van der Waals surface area contributed by atoms with Crippen molar-refractivity contribution in [2.45, 2.75) is 64.4 Å². The minimum absolute atomic E-state index is 0.00987. The van der Waals surface area contributed by atoms with Gasteiger partial charge in [0, 0.05) is 0 Å². The fraction of sp³-hybridized carbons (Fsp3) is 0.600. The van der Waals surface area contributed by atoms with Crippen molar-refractivity contribution in [3.8, 4) is 18.1 Å². The second kappa shape index (κ2) is 6.91. The van der Waals surface area contributed by atoms with Crippen LogP contribution in [0.4, 0.5) is 8.78 Å². The topological polar surface area (TPSA) is 9.23 Å². The molecule has 1 atom stereocenters. The summed E-state index contributed by atoms with van der Waals surface area (Å²) < 4.78 is 34.0. The average Bonchev–Trinajstić information content (AvgIpc) is 2.59. The SMILES string of the molecule is C#Cc1cc2c(c(F)c1F)OC(C1CCC(CCC)CC1)CC2. The van der Waals surface area contributed by atoms with Crippen LogP contribution >= 0.6 is 0 Å². The molecule has 1 aromatic rings. The predicted octanol–water partition coefficient (Wildman–Crippen LogP) is 5.25. The number of hydrogen-bond donors (Lipinski definition) is 0. The maximum atomic E-state index is 14.2. The van der Waals surface area contributed by atoms with Gasteiger partial charge in [-0.1, -0.05) is 38.5 Å². The van der Waals surface area contributed by atoms with Crippen molar-refractivity contribution in [3.63, 3.8) is 0 Å². The number of benzene rings is 1. The lowest BCUT2D eigenvalue weighted by atomic mass is 9.76. The first-order valence-electron chi connectivity index (χ1n) is 8.78. The van der Waals surface area contributed by atoms with Crippen LogP contribution in [0.2, 0.25) is 0 Å². The van der Waals surface area contributed by atoms with Crippen molar-refractivity contribution >= 4 is 0 Å². The first kappa shape index (κ1) is 16.3. The number of rotatable bonds is 3. The summed E-state index contributed by atoms with van der Waals surface area (Å²) in [5.74, 6) is 1.72. The standard InChI is InChI=1S/C20H24F2O/c1-3-5-13-6-8-15(9-7-13)17-11-10-16-12-14(4-2)18(21)19(22)20(16)23-17/h2,12-13,15,17H,3,5-11H2,1H3. The Morgan fingerprint density at radius 2 is 1.91 bits per heavy atom. The van der Waals surface area contributed by atoms with Crippen LogP contribution in [0.1, 0.15) is 63.0 Å². The van der Waals surface area contributed by atoms with Crippen molar-refractivity contribution in [2.75, 3.05) is 0 Å². The molecule has 1 nitrogen and oxygen atoms in total. The predicted molar refractivity (Wildman–Crippen MR) is 87.4 cm³/mol. The maximum absolute atomic E-state index is 14.2. The lowest BCUT2D eigenvalue weighted by molar-refractivity contribution is 0.0710. The molecule has 1 heterocycles. The highest BCUT2D eigenvalue weighted by Crippen LogP contribution is 2.40. The third-order valence-electron chi connectivity index (χ3n) is 5.48. The van der Waals surface area contributed by atoms with E-state index in [9.17, 15) is 8.78 Å². The van der Waals surface area contributed by atoms with Gasteiger partial charge in [-0.05, 0) is 49.1 Å². The molecule has 23 heavy (non-hydrogen) atoms. The number of terminal acetylenes is 1. The zero-order chi connectivity index (χ0) is 16.4. The van der Waals surface area contributed by atoms with Crippen molar-refractivity contribution in [1.82, 2.24) is 0 Å². The smallest absolute Gasteiger partial charge is 0.202 e. The van der Waals surface area contributed by atoms with Gasteiger partial charge in [0.05, 0.1) is 5.56 Å². The zero-order valence-corrected chi connectivity index (χ0v) is 13.7. The lowest BCUT2D eigenvalue weighted by Crippen LogP contribution is -2.34. The molecule has 0 amide bonds. The molecule has 124 valence electrons. The Kier molecular flexibility index (Phi) is 4.90. The molecule has 1 saturated carbocycles. The zero-order valence-electron chi connectivity index (χ0n) is 13.7. The minimum atomic E-state index is -0.960. The largest absolute Gasteiger partial charge is 0.487 e. The van der Waals surface area contributed by atoms with Crippen LogP contribution in [0.5, 0.6) is 5.75 Å². The van der Waals surface area contributed by atoms with Crippen molar-refractivity contribution < 1.29 is 13.5 Å². The summed E-state index contributed by atoms with van der Waals surface area (Å²) in [5, 5.41) is 0. The molecule has 1 aliphatic heterocycles. The maximum Gasteiger partial charge on any atom is 0.202 e. The average molecular weight is 318 g/mol. The van der Waals surface area contributed by atoms with Crippen LogP contribution in [0, 0.1) is 35.8 Å². The Morgan fingerprint density at radius 3 is 2.57 bits per heavy atom. The van der Waals surface area contributed by atoms with Crippen LogP contribution in [-0.2, 0) is 6.42 Å². The number of aryl methyl sites for hydroxylation is 1. The summed E-state index contributed by atoms with van der Waals surface area (Å²) in [6.45, 7) is 2.23. The van der Waals surface area contributed by atoms with Gasteiger partial charge < -0.3 is 4.74 Å². The molecular formula is C20H24F2O. The third kappa shape index (κ3) is 3.22. The molecule has 1 aromatic carbocycles. The highest BCUT2D eigenvalue weighted by atomic mass is 19.2. The fourth-order valence-corrected chi connectivity index (χ4v) is 4.18. The molecule has 3 heteroatoms. The van der Waals surface area contributed by atoms with Gasteiger partial charge in [-0.15, -0.1) is 6.42 Å². The Labute approximate surface area is 137 Å². The van der Waals surface area contributed by atoms with Crippen molar-refractivity contribution in [3.05, 3.63) is 28.8 Å². The van der Waals surface area contributed by atoms with E-state index in [4.69, 9.17) is 11.2 Å². The van der Waals surface area contributed by atoms with Gasteiger partial charge in [-0.3, -0.25) is 0 Å². The summed E-state index contributed by atoms with van der Waals surface area (Å²) in [6.07, 6.45) is 14.1.